The van der Waals surface area contributed by atoms with E-state index in [1.165, 1.54) is 0 Å². The minimum absolute atomic E-state index is 0.107. The number of H-pyrrole nitrogens is 1. The van der Waals surface area contributed by atoms with Crippen molar-refractivity contribution in [3.8, 4) is 11.5 Å². The van der Waals surface area contributed by atoms with Gasteiger partial charge in [-0.05, 0) is 24.3 Å². The standard InChI is InChI=1S/C22H22N4O5/c27-20-11-14(13-26(20)15-5-6-18-19(12-15)31-10-9-30-18)21(28)23-7-8-25-17-4-2-1-3-16(17)24-22(25)29/h1-6,12,14H,7-11,13H2,(H,23,28)(H,24,29)/t14-/m1/s1. The van der Waals surface area contributed by atoms with Crippen LogP contribution in [0.3, 0.4) is 0 Å². The van der Waals surface area contributed by atoms with Crippen molar-refractivity contribution in [2.45, 2.75) is 13.0 Å². The quantitative estimate of drug-likeness (QED) is 0.644. The number of benzene rings is 2. The third kappa shape index (κ3) is 3.63. The monoisotopic (exact) mass is 422 g/mol. The second kappa shape index (κ2) is 7.82. The van der Waals surface area contributed by atoms with Crippen LogP contribution in [0.4, 0.5) is 5.69 Å². The molecule has 0 radical (unpaired) electrons. The summed E-state index contributed by atoms with van der Waals surface area (Å²) in [6.07, 6.45) is 0.146. The maximum atomic E-state index is 12.6. The topological polar surface area (TPSA) is 106 Å². The lowest BCUT2D eigenvalue weighted by Gasteiger charge is -2.22. The fourth-order valence-corrected chi connectivity index (χ4v) is 4.10. The molecular weight excluding hydrogens is 400 g/mol. The van der Waals surface area contributed by atoms with Gasteiger partial charge in [0, 0.05) is 37.8 Å². The number of para-hydroxylation sites is 2. The maximum absolute atomic E-state index is 12.6. The summed E-state index contributed by atoms with van der Waals surface area (Å²) >= 11 is 0. The molecule has 2 N–H and O–H groups in total. The first kappa shape index (κ1) is 19.2. The Kier molecular flexibility index (Phi) is 4.85. The van der Waals surface area contributed by atoms with Crippen molar-refractivity contribution in [2.24, 2.45) is 5.92 Å². The van der Waals surface area contributed by atoms with Crippen LogP contribution in [0.1, 0.15) is 6.42 Å². The third-order valence-electron chi connectivity index (χ3n) is 5.65. The van der Waals surface area contributed by atoms with Gasteiger partial charge in [0.25, 0.3) is 0 Å². The summed E-state index contributed by atoms with van der Waals surface area (Å²) in [6.45, 7) is 1.92. The van der Waals surface area contributed by atoms with Crippen LogP contribution in [0.5, 0.6) is 11.5 Å². The van der Waals surface area contributed by atoms with E-state index in [4.69, 9.17) is 9.47 Å². The van der Waals surface area contributed by atoms with Crippen molar-refractivity contribution in [1.29, 1.82) is 0 Å². The van der Waals surface area contributed by atoms with E-state index >= 15 is 0 Å². The van der Waals surface area contributed by atoms with Crippen molar-refractivity contribution in [1.82, 2.24) is 14.9 Å². The zero-order chi connectivity index (χ0) is 21.4. The minimum atomic E-state index is -0.444. The number of aromatic nitrogens is 2. The number of amides is 2. The number of rotatable bonds is 5. The second-order valence-corrected chi connectivity index (χ2v) is 7.62. The van der Waals surface area contributed by atoms with Gasteiger partial charge in [-0.3, -0.25) is 14.2 Å². The Hall–Kier alpha value is -3.75. The molecule has 2 aliphatic heterocycles. The van der Waals surface area contributed by atoms with Gasteiger partial charge in [0.1, 0.15) is 13.2 Å². The van der Waals surface area contributed by atoms with Crippen molar-refractivity contribution in [2.75, 3.05) is 31.2 Å². The molecule has 3 aromatic rings. The zero-order valence-corrected chi connectivity index (χ0v) is 16.8. The fourth-order valence-electron chi connectivity index (χ4n) is 4.10. The molecule has 1 aromatic heterocycles. The van der Waals surface area contributed by atoms with Crippen LogP contribution in [0, 0.1) is 5.92 Å². The van der Waals surface area contributed by atoms with E-state index in [0.717, 1.165) is 11.0 Å². The first-order valence-electron chi connectivity index (χ1n) is 10.3. The molecule has 0 bridgehead atoms. The molecule has 160 valence electrons. The minimum Gasteiger partial charge on any atom is -0.486 e. The number of hydrogen-bond donors (Lipinski definition) is 2. The van der Waals surface area contributed by atoms with Gasteiger partial charge in [0.15, 0.2) is 11.5 Å². The van der Waals surface area contributed by atoms with Gasteiger partial charge >= 0.3 is 5.69 Å². The first-order chi connectivity index (χ1) is 15.1. The summed E-state index contributed by atoms with van der Waals surface area (Å²) in [5.41, 5.74) is 2.03. The Morgan fingerprint density at radius 1 is 1.10 bits per heavy atom. The van der Waals surface area contributed by atoms with Gasteiger partial charge in [-0.2, -0.15) is 0 Å². The maximum Gasteiger partial charge on any atom is 0.326 e. The lowest BCUT2D eigenvalue weighted by atomic mass is 10.1. The second-order valence-electron chi connectivity index (χ2n) is 7.62. The molecule has 0 unspecified atom stereocenters. The number of fused-ring (bicyclic) bond motifs is 2. The van der Waals surface area contributed by atoms with Crippen molar-refractivity contribution >= 4 is 28.5 Å². The van der Waals surface area contributed by atoms with Crippen LogP contribution in [0.15, 0.2) is 47.3 Å². The van der Waals surface area contributed by atoms with Crippen LogP contribution >= 0.6 is 0 Å². The molecule has 5 rings (SSSR count). The largest absolute Gasteiger partial charge is 0.486 e. The van der Waals surface area contributed by atoms with E-state index in [1.54, 1.807) is 27.7 Å². The summed E-state index contributed by atoms with van der Waals surface area (Å²) in [4.78, 5) is 41.7. The number of nitrogens with one attached hydrogen (secondary N) is 2. The average molecular weight is 422 g/mol. The number of anilines is 1. The predicted octanol–water partition coefficient (Wildman–Crippen LogP) is 1.27. The van der Waals surface area contributed by atoms with E-state index in [2.05, 4.69) is 10.3 Å². The summed E-state index contributed by atoms with van der Waals surface area (Å²) in [6, 6.07) is 12.8. The number of hydrogen-bond acceptors (Lipinski definition) is 5. The fraction of sp³-hybridized carbons (Fsp3) is 0.318. The lowest BCUT2D eigenvalue weighted by Crippen LogP contribution is -2.35. The molecule has 3 heterocycles. The molecule has 0 saturated carbocycles. The molecular formula is C22H22N4O5. The molecule has 2 amide bonds. The van der Waals surface area contributed by atoms with Gasteiger partial charge in [0.2, 0.25) is 11.8 Å². The summed E-state index contributed by atoms with van der Waals surface area (Å²) in [7, 11) is 0. The highest BCUT2D eigenvalue weighted by atomic mass is 16.6. The number of carbonyl (C=O) groups is 2. The Morgan fingerprint density at radius 3 is 2.77 bits per heavy atom. The Labute approximate surface area is 177 Å². The number of imidazole rings is 1. The number of aromatic amines is 1. The van der Waals surface area contributed by atoms with Crippen molar-refractivity contribution in [3.05, 3.63) is 52.9 Å². The van der Waals surface area contributed by atoms with Crippen LogP contribution < -0.4 is 25.4 Å². The molecule has 0 spiro atoms. The van der Waals surface area contributed by atoms with Crippen LogP contribution in [0.25, 0.3) is 11.0 Å². The summed E-state index contributed by atoms with van der Waals surface area (Å²) in [5.74, 6) is 0.517. The number of ether oxygens (including phenoxy) is 2. The number of nitrogens with zero attached hydrogens (tertiary/aromatic N) is 2. The van der Waals surface area contributed by atoms with Gasteiger partial charge in [0.05, 0.1) is 17.0 Å². The molecule has 9 heteroatoms. The van der Waals surface area contributed by atoms with Gasteiger partial charge in [-0.15, -0.1) is 0 Å². The lowest BCUT2D eigenvalue weighted by molar-refractivity contribution is -0.126. The van der Waals surface area contributed by atoms with Gasteiger partial charge < -0.3 is 24.7 Å². The number of carbonyl (C=O) groups excluding carboxylic acids is 2. The van der Waals surface area contributed by atoms with Gasteiger partial charge in [-0.1, -0.05) is 12.1 Å². The van der Waals surface area contributed by atoms with Crippen molar-refractivity contribution in [3.63, 3.8) is 0 Å². The molecule has 1 fully saturated rings. The van der Waals surface area contributed by atoms with Crippen LogP contribution in [0.2, 0.25) is 0 Å². The van der Waals surface area contributed by atoms with Gasteiger partial charge in [-0.25, -0.2) is 4.79 Å². The predicted molar refractivity (Wildman–Crippen MR) is 113 cm³/mol. The molecule has 2 aliphatic rings. The Balaban J connectivity index is 1.21. The van der Waals surface area contributed by atoms with E-state index in [0.29, 0.717) is 50.0 Å². The molecule has 0 aliphatic carbocycles. The van der Waals surface area contributed by atoms with Crippen LogP contribution in [-0.2, 0) is 16.1 Å². The highest BCUT2D eigenvalue weighted by molar-refractivity contribution is 6.00. The van der Waals surface area contributed by atoms with E-state index in [9.17, 15) is 14.4 Å². The zero-order valence-electron chi connectivity index (χ0n) is 16.8. The first-order valence-corrected chi connectivity index (χ1v) is 10.3. The Morgan fingerprint density at radius 2 is 1.90 bits per heavy atom. The average Bonchev–Trinajstić information content (AvgIpc) is 3.33. The summed E-state index contributed by atoms with van der Waals surface area (Å²) < 4.78 is 12.7. The summed E-state index contributed by atoms with van der Waals surface area (Å²) in [5, 5.41) is 2.86. The molecule has 1 atom stereocenters. The SMILES string of the molecule is O=C(NCCn1c(=O)[nH]c2ccccc21)[C@@H]1CC(=O)N(c2ccc3c(c2)OCCO3)C1. The Bertz CT molecular complexity index is 1210. The molecule has 31 heavy (non-hydrogen) atoms. The van der Waals surface area contributed by atoms with E-state index in [-0.39, 0.29) is 23.9 Å². The molecule has 2 aromatic carbocycles. The highest BCUT2D eigenvalue weighted by Crippen LogP contribution is 2.35. The highest BCUT2D eigenvalue weighted by Gasteiger charge is 2.35. The van der Waals surface area contributed by atoms with E-state index < -0.39 is 5.92 Å². The molecule has 1 saturated heterocycles. The third-order valence-corrected chi connectivity index (χ3v) is 5.65. The smallest absolute Gasteiger partial charge is 0.326 e. The normalized spacial score (nSPS) is 17.9. The van der Waals surface area contributed by atoms with Crippen molar-refractivity contribution < 1.29 is 19.1 Å². The van der Waals surface area contributed by atoms with E-state index in [1.807, 2.05) is 24.3 Å². The van der Waals surface area contributed by atoms with Crippen LogP contribution in [-0.4, -0.2) is 47.7 Å². The molecule has 9 nitrogen and oxygen atoms in total.